The second-order valence-corrected chi connectivity index (χ2v) is 5.97. The summed E-state index contributed by atoms with van der Waals surface area (Å²) in [5.41, 5.74) is 6.92. The maximum atomic E-state index is 6.29. The van der Waals surface area contributed by atoms with Gasteiger partial charge in [-0.2, -0.15) is 0 Å². The first kappa shape index (κ1) is 13.5. The lowest BCUT2D eigenvalue weighted by Gasteiger charge is -2.19. The van der Waals surface area contributed by atoms with E-state index < -0.39 is 0 Å². The molecule has 9 heteroatoms. The molecule has 0 aliphatic carbocycles. The summed E-state index contributed by atoms with van der Waals surface area (Å²) in [5.74, 6) is 1.69. The maximum Gasteiger partial charge on any atom is 0.183 e. The number of hydrogen-bond acceptors (Lipinski definition) is 7. The molecule has 22 heavy (non-hydrogen) atoms. The molecule has 3 N–H and O–H groups in total. The van der Waals surface area contributed by atoms with Crippen LogP contribution in [0.1, 0.15) is 0 Å². The first-order valence-corrected chi connectivity index (χ1v) is 7.63. The molecule has 0 bridgehead atoms. The Kier molecular flexibility index (Phi) is 3.20. The van der Waals surface area contributed by atoms with Crippen LogP contribution in [0.4, 0.5) is 5.82 Å². The standard InChI is InChI=1S/C13H10ClN5O2S/c14-6-3-7-8(21-2-1-20-7)4-9(6)22-13-18-10-11(15)16-5-17-12(10)19-13/h3-5H,1-2H2,(H3,15,16,17,18,19). The van der Waals surface area contributed by atoms with Gasteiger partial charge in [-0.3, -0.25) is 0 Å². The highest BCUT2D eigenvalue weighted by atomic mass is 35.5. The fourth-order valence-electron chi connectivity index (χ4n) is 2.10. The molecule has 0 saturated carbocycles. The van der Waals surface area contributed by atoms with Gasteiger partial charge in [-0.15, -0.1) is 0 Å². The van der Waals surface area contributed by atoms with Gasteiger partial charge in [-0.25, -0.2) is 15.0 Å². The Morgan fingerprint density at radius 1 is 1.18 bits per heavy atom. The Labute approximate surface area is 134 Å². The lowest BCUT2D eigenvalue weighted by atomic mass is 10.3. The van der Waals surface area contributed by atoms with E-state index in [-0.39, 0.29) is 0 Å². The maximum absolute atomic E-state index is 6.29. The van der Waals surface area contributed by atoms with Crippen LogP contribution in [0.25, 0.3) is 11.2 Å². The quantitative estimate of drug-likeness (QED) is 0.742. The molecule has 1 aliphatic heterocycles. The zero-order valence-electron chi connectivity index (χ0n) is 11.2. The molecule has 112 valence electrons. The fourth-order valence-corrected chi connectivity index (χ4v) is 3.19. The number of aromatic amines is 1. The van der Waals surface area contributed by atoms with Crippen LogP contribution < -0.4 is 15.2 Å². The van der Waals surface area contributed by atoms with E-state index in [2.05, 4.69) is 19.9 Å². The van der Waals surface area contributed by atoms with Gasteiger partial charge in [0.1, 0.15) is 25.1 Å². The summed E-state index contributed by atoms with van der Waals surface area (Å²) in [5, 5.41) is 1.19. The molecule has 0 fully saturated rings. The second kappa shape index (κ2) is 5.22. The number of nitrogens with zero attached hydrogens (tertiary/aromatic N) is 3. The number of nitrogens with two attached hydrogens (primary N) is 1. The number of rotatable bonds is 2. The summed E-state index contributed by atoms with van der Waals surface area (Å²) in [7, 11) is 0. The number of benzene rings is 1. The predicted molar refractivity (Wildman–Crippen MR) is 82.7 cm³/mol. The molecule has 1 aromatic carbocycles. The van der Waals surface area contributed by atoms with Gasteiger partial charge in [-0.05, 0) is 6.07 Å². The topological polar surface area (TPSA) is 98.9 Å². The number of fused-ring (bicyclic) bond motifs is 2. The number of hydrogen-bond donors (Lipinski definition) is 2. The SMILES string of the molecule is Nc1ncnc2nc(Sc3cc4c(cc3Cl)OCCO4)[nH]c12. The van der Waals surface area contributed by atoms with E-state index in [9.17, 15) is 0 Å². The second-order valence-electron chi connectivity index (χ2n) is 4.53. The Balaban J connectivity index is 1.71. The van der Waals surface area contributed by atoms with Crippen molar-refractivity contribution in [3.8, 4) is 11.5 Å². The molecule has 0 saturated heterocycles. The highest BCUT2D eigenvalue weighted by Crippen LogP contribution is 2.41. The third-order valence-corrected chi connectivity index (χ3v) is 4.47. The number of nitrogen functional groups attached to an aromatic ring is 1. The molecule has 2 aromatic heterocycles. The molecule has 7 nitrogen and oxygen atoms in total. The average molecular weight is 336 g/mol. The summed E-state index contributed by atoms with van der Waals surface area (Å²) in [6, 6.07) is 3.58. The van der Waals surface area contributed by atoms with Gasteiger partial charge in [0.25, 0.3) is 0 Å². The summed E-state index contributed by atoms with van der Waals surface area (Å²) in [6.07, 6.45) is 1.38. The van der Waals surface area contributed by atoms with Gasteiger partial charge < -0.3 is 20.2 Å². The molecule has 1 aliphatic rings. The Morgan fingerprint density at radius 3 is 2.73 bits per heavy atom. The molecule has 4 rings (SSSR count). The van der Waals surface area contributed by atoms with Crippen LogP contribution in [-0.2, 0) is 0 Å². The number of nitrogens with one attached hydrogen (secondary N) is 1. The lowest BCUT2D eigenvalue weighted by Crippen LogP contribution is -2.15. The Morgan fingerprint density at radius 2 is 1.95 bits per heavy atom. The molecule has 0 amide bonds. The number of H-pyrrole nitrogens is 1. The molecule has 0 radical (unpaired) electrons. The van der Waals surface area contributed by atoms with E-state index in [1.54, 1.807) is 6.07 Å². The van der Waals surface area contributed by atoms with E-state index in [1.165, 1.54) is 18.1 Å². The number of aromatic nitrogens is 4. The summed E-state index contributed by atoms with van der Waals surface area (Å²) in [6.45, 7) is 1.05. The predicted octanol–water partition coefficient (Wildman–Crippen LogP) is 2.51. The zero-order chi connectivity index (χ0) is 15.1. The van der Waals surface area contributed by atoms with Crippen molar-refractivity contribution in [2.75, 3.05) is 18.9 Å². The van der Waals surface area contributed by atoms with Crippen LogP contribution in [0.15, 0.2) is 28.5 Å². The van der Waals surface area contributed by atoms with Gasteiger partial charge in [0.05, 0.1) is 5.02 Å². The van der Waals surface area contributed by atoms with E-state index >= 15 is 0 Å². The molecular formula is C13H10ClN5O2S. The van der Waals surface area contributed by atoms with Crippen molar-refractivity contribution in [3.63, 3.8) is 0 Å². The van der Waals surface area contributed by atoms with Gasteiger partial charge in [0, 0.05) is 11.0 Å². The van der Waals surface area contributed by atoms with Crippen LogP contribution in [0, 0.1) is 0 Å². The van der Waals surface area contributed by atoms with Crippen LogP contribution in [0.3, 0.4) is 0 Å². The number of ether oxygens (including phenoxy) is 2. The van der Waals surface area contributed by atoms with Gasteiger partial charge in [0.15, 0.2) is 28.1 Å². The minimum Gasteiger partial charge on any atom is -0.486 e. The van der Waals surface area contributed by atoms with Crippen molar-refractivity contribution in [2.24, 2.45) is 0 Å². The van der Waals surface area contributed by atoms with Crippen LogP contribution in [0.5, 0.6) is 11.5 Å². The fraction of sp³-hybridized carbons (Fsp3) is 0.154. The molecule has 0 spiro atoms. The number of halogens is 1. The summed E-state index contributed by atoms with van der Waals surface area (Å²) < 4.78 is 11.1. The van der Waals surface area contributed by atoms with Crippen molar-refractivity contribution in [1.82, 2.24) is 19.9 Å². The zero-order valence-corrected chi connectivity index (χ0v) is 12.7. The molecule has 0 atom stereocenters. The largest absolute Gasteiger partial charge is 0.486 e. The molecule has 0 unspecified atom stereocenters. The van der Waals surface area contributed by atoms with Crippen molar-refractivity contribution < 1.29 is 9.47 Å². The van der Waals surface area contributed by atoms with Crippen molar-refractivity contribution in [3.05, 3.63) is 23.5 Å². The van der Waals surface area contributed by atoms with Crippen LogP contribution >= 0.6 is 23.4 Å². The third-order valence-electron chi connectivity index (χ3n) is 3.10. The monoisotopic (exact) mass is 335 g/mol. The first-order chi connectivity index (χ1) is 10.7. The van der Waals surface area contributed by atoms with Crippen molar-refractivity contribution in [1.29, 1.82) is 0 Å². The Bertz CT molecular complexity index is 869. The molecular weight excluding hydrogens is 326 g/mol. The van der Waals surface area contributed by atoms with Gasteiger partial charge in [0.2, 0.25) is 0 Å². The van der Waals surface area contributed by atoms with Crippen molar-refractivity contribution >= 4 is 40.3 Å². The van der Waals surface area contributed by atoms with Crippen LogP contribution in [-0.4, -0.2) is 33.1 Å². The Hall–Kier alpha value is -2.19. The van der Waals surface area contributed by atoms with E-state index in [0.29, 0.717) is 51.9 Å². The smallest absolute Gasteiger partial charge is 0.183 e. The first-order valence-electron chi connectivity index (χ1n) is 6.44. The molecule has 3 heterocycles. The number of anilines is 1. The summed E-state index contributed by atoms with van der Waals surface area (Å²) >= 11 is 7.65. The number of imidazole rings is 1. The van der Waals surface area contributed by atoms with Crippen molar-refractivity contribution in [2.45, 2.75) is 10.1 Å². The third kappa shape index (κ3) is 2.30. The van der Waals surface area contributed by atoms with Gasteiger partial charge >= 0.3 is 0 Å². The van der Waals surface area contributed by atoms with E-state index in [4.69, 9.17) is 26.8 Å². The normalized spacial score (nSPS) is 13.5. The highest BCUT2D eigenvalue weighted by Gasteiger charge is 2.17. The average Bonchev–Trinajstić information content (AvgIpc) is 2.92. The minimum absolute atomic E-state index is 0.359. The van der Waals surface area contributed by atoms with E-state index in [0.717, 1.165) is 4.90 Å². The highest BCUT2D eigenvalue weighted by molar-refractivity contribution is 7.99. The van der Waals surface area contributed by atoms with Crippen LogP contribution in [0.2, 0.25) is 5.02 Å². The summed E-state index contributed by atoms with van der Waals surface area (Å²) in [4.78, 5) is 16.3. The van der Waals surface area contributed by atoms with Gasteiger partial charge in [-0.1, -0.05) is 23.4 Å². The molecule has 3 aromatic rings. The minimum atomic E-state index is 0.359. The lowest BCUT2D eigenvalue weighted by molar-refractivity contribution is 0.171. The van der Waals surface area contributed by atoms with E-state index in [1.807, 2.05) is 6.07 Å².